The van der Waals surface area contributed by atoms with Crippen molar-refractivity contribution in [3.05, 3.63) is 18.3 Å². The Balaban J connectivity index is 1.94. The molecule has 1 aromatic heterocycles. The van der Waals surface area contributed by atoms with Crippen LogP contribution in [0, 0.1) is 5.92 Å². The highest BCUT2D eigenvalue weighted by Gasteiger charge is 2.16. The molecule has 0 amide bonds. The molecule has 1 atom stereocenters. The quantitative estimate of drug-likeness (QED) is 0.779. The second kappa shape index (κ2) is 5.20. The maximum Gasteiger partial charge on any atom is 0.262 e. The van der Waals surface area contributed by atoms with Crippen molar-refractivity contribution in [2.75, 3.05) is 19.8 Å². The fraction of sp³-hybridized carbons (Fsp3) is 0.500. The molecule has 1 aliphatic heterocycles. The van der Waals surface area contributed by atoms with Crippen LogP contribution >= 0.6 is 10.7 Å². The van der Waals surface area contributed by atoms with Gasteiger partial charge in [0, 0.05) is 29.3 Å². The lowest BCUT2D eigenvalue weighted by Gasteiger charge is -2.09. The fourth-order valence-corrected chi connectivity index (χ4v) is 2.20. The first-order chi connectivity index (χ1) is 8.05. The molecule has 5 nitrogen and oxygen atoms in total. The van der Waals surface area contributed by atoms with Crippen molar-refractivity contribution >= 4 is 19.7 Å². The van der Waals surface area contributed by atoms with Gasteiger partial charge in [-0.2, -0.15) is 0 Å². The zero-order valence-electron chi connectivity index (χ0n) is 9.00. The summed E-state index contributed by atoms with van der Waals surface area (Å²) < 4.78 is 32.6. The molecule has 7 heteroatoms. The van der Waals surface area contributed by atoms with Crippen molar-refractivity contribution in [3.8, 4) is 5.88 Å². The van der Waals surface area contributed by atoms with Crippen LogP contribution < -0.4 is 4.74 Å². The molecule has 0 aliphatic carbocycles. The Labute approximate surface area is 104 Å². The molecular formula is C10H12ClNO4S. The van der Waals surface area contributed by atoms with Gasteiger partial charge in [0.1, 0.15) is 4.90 Å². The molecule has 1 aromatic rings. The summed E-state index contributed by atoms with van der Waals surface area (Å²) in [6.45, 7) is 2.00. The Hall–Kier alpha value is -0.850. The van der Waals surface area contributed by atoms with Crippen molar-refractivity contribution in [1.82, 2.24) is 4.98 Å². The lowest BCUT2D eigenvalue weighted by molar-refractivity contribution is 0.165. The summed E-state index contributed by atoms with van der Waals surface area (Å²) in [5, 5.41) is 0. The Kier molecular flexibility index (Phi) is 3.86. The van der Waals surface area contributed by atoms with Gasteiger partial charge in [-0.3, -0.25) is 0 Å². The highest BCUT2D eigenvalue weighted by molar-refractivity contribution is 8.13. The van der Waals surface area contributed by atoms with Gasteiger partial charge in [0.05, 0.1) is 19.4 Å². The molecule has 0 spiro atoms. The summed E-state index contributed by atoms with van der Waals surface area (Å²) in [5.41, 5.74) is 0. The maximum atomic E-state index is 11.0. The Morgan fingerprint density at radius 3 is 2.88 bits per heavy atom. The summed E-state index contributed by atoms with van der Waals surface area (Å²) in [6, 6.07) is 2.86. The third kappa shape index (κ3) is 3.55. The van der Waals surface area contributed by atoms with E-state index in [1.807, 2.05) is 0 Å². The molecule has 0 aromatic carbocycles. The summed E-state index contributed by atoms with van der Waals surface area (Å²) in [6.07, 6.45) is 2.16. The van der Waals surface area contributed by atoms with E-state index in [4.69, 9.17) is 20.2 Å². The maximum absolute atomic E-state index is 11.0. The highest BCUT2D eigenvalue weighted by Crippen LogP contribution is 2.18. The minimum absolute atomic E-state index is 0.0317. The molecule has 1 fully saturated rings. The largest absolute Gasteiger partial charge is 0.477 e. The Morgan fingerprint density at radius 2 is 2.35 bits per heavy atom. The summed E-state index contributed by atoms with van der Waals surface area (Å²) in [4.78, 5) is 3.85. The molecule has 94 valence electrons. The SMILES string of the molecule is O=S(=O)(Cl)c1ccc(OCC2CCOC2)nc1. The molecule has 0 saturated carbocycles. The van der Waals surface area contributed by atoms with Crippen LogP contribution in [0.5, 0.6) is 5.88 Å². The van der Waals surface area contributed by atoms with Crippen LogP contribution in [0.1, 0.15) is 6.42 Å². The first-order valence-electron chi connectivity index (χ1n) is 5.17. The van der Waals surface area contributed by atoms with Crippen molar-refractivity contribution in [2.24, 2.45) is 5.92 Å². The average molecular weight is 278 g/mol. The lowest BCUT2D eigenvalue weighted by Crippen LogP contribution is -2.12. The van der Waals surface area contributed by atoms with Crippen LogP contribution in [0.4, 0.5) is 0 Å². The first kappa shape index (κ1) is 12.6. The molecule has 1 aliphatic rings. The molecule has 1 unspecified atom stereocenters. The van der Waals surface area contributed by atoms with Crippen molar-refractivity contribution in [1.29, 1.82) is 0 Å². The van der Waals surface area contributed by atoms with E-state index < -0.39 is 9.05 Å². The summed E-state index contributed by atoms with van der Waals surface area (Å²) >= 11 is 0. The zero-order chi connectivity index (χ0) is 12.3. The van der Waals surface area contributed by atoms with Gasteiger partial charge in [0.15, 0.2) is 0 Å². The molecule has 2 rings (SSSR count). The highest BCUT2D eigenvalue weighted by atomic mass is 35.7. The van der Waals surface area contributed by atoms with Crippen LogP contribution in [0.25, 0.3) is 0 Å². The van der Waals surface area contributed by atoms with Gasteiger partial charge in [0.2, 0.25) is 5.88 Å². The van der Waals surface area contributed by atoms with Gasteiger partial charge < -0.3 is 9.47 Å². The number of hydrogen-bond donors (Lipinski definition) is 0. The molecule has 1 saturated heterocycles. The van der Waals surface area contributed by atoms with Gasteiger partial charge in [0.25, 0.3) is 9.05 Å². The normalized spacial score (nSPS) is 20.4. The second-order valence-corrected chi connectivity index (χ2v) is 6.38. The van der Waals surface area contributed by atoms with Gasteiger partial charge >= 0.3 is 0 Å². The number of hydrogen-bond acceptors (Lipinski definition) is 5. The summed E-state index contributed by atoms with van der Waals surface area (Å²) in [7, 11) is 1.45. The molecule has 0 radical (unpaired) electrons. The Bertz CT molecular complexity index is 468. The van der Waals surface area contributed by atoms with Gasteiger partial charge in [-0.15, -0.1) is 0 Å². The van der Waals surface area contributed by atoms with Crippen LogP contribution in [0.15, 0.2) is 23.2 Å². The van der Waals surface area contributed by atoms with Crippen LogP contribution in [-0.2, 0) is 13.8 Å². The average Bonchev–Trinajstić information content (AvgIpc) is 2.78. The monoisotopic (exact) mass is 277 g/mol. The number of nitrogens with zero attached hydrogens (tertiary/aromatic N) is 1. The van der Waals surface area contributed by atoms with E-state index in [1.54, 1.807) is 0 Å². The topological polar surface area (TPSA) is 65.5 Å². The number of aromatic nitrogens is 1. The number of halogens is 1. The van der Waals surface area contributed by atoms with Gasteiger partial charge in [-0.1, -0.05) is 0 Å². The predicted octanol–water partition coefficient (Wildman–Crippen LogP) is 1.42. The van der Waals surface area contributed by atoms with Gasteiger partial charge in [-0.25, -0.2) is 13.4 Å². The molecule has 2 heterocycles. The smallest absolute Gasteiger partial charge is 0.262 e. The molecular weight excluding hydrogens is 266 g/mol. The zero-order valence-corrected chi connectivity index (χ0v) is 10.6. The van der Waals surface area contributed by atoms with E-state index in [9.17, 15) is 8.42 Å². The molecule has 0 bridgehead atoms. The van der Waals surface area contributed by atoms with E-state index in [2.05, 4.69) is 4.98 Å². The Morgan fingerprint density at radius 1 is 1.53 bits per heavy atom. The van der Waals surface area contributed by atoms with Crippen molar-refractivity contribution < 1.29 is 17.9 Å². The standard InChI is InChI=1S/C10H12ClNO4S/c11-17(13,14)9-1-2-10(12-5-9)16-7-8-3-4-15-6-8/h1-2,5,8H,3-4,6-7H2. The number of pyridine rings is 1. The van der Waals surface area contributed by atoms with Crippen LogP contribution in [0.3, 0.4) is 0 Å². The molecule has 0 N–H and O–H groups in total. The molecule has 17 heavy (non-hydrogen) atoms. The van der Waals surface area contributed by atoms with E-state index in [0.717, 1.165) is 13.0 Å². The lowest BCUT2D eigenvalue weighted by atomic mass is 10.1. The first-order valence-corrected chi connectivity index (χ1v) is 7.48. The van der Waals surface area contributed by atoms with E-state index >= 15 is 0 Å². The van der Waals surface area contributed by atoms with Crippen LogP contribution in [0.2, 0.25) is 0 Å². The third-order valence-corrected chi connectivity index (χ3v) is 3.82. The fourth-order valence-electron chi connectivity index (χ4n) is 1.51. The third-order valence-electron chi connectivity index (χ3n) is 2.48. The summed E-state index contributed by atoms with van der Waals surface area (Å²) in [5.74, 6) is 0.772. The predicted molar refractivity (Wildman–Crippen MR) is 61.7 cm³/mol. The van der Waals surface area contributed by atoms with E-state index in [0.29, 0.717) is 25.0 Å². The van der Waals surface area contributed by atoms with Crippen molar-refractivity contribution in [3.63, 3.8) is 0 Å². The van der Waals surface area contributed by atoms with Crippen molar-refractivity contribution in [2.45, 2.75) is 11.3 Å². The minimum Gasteiger partial charge on any atom is -0.477 e. The number of ether oxygens (including phenoxy) is 2. The van der Waals surface area contributed by atoms with Crippen LogP contribution in [-0.4, -0.2) is 33.2 Å². The van der Waals surface area contributed by atoms with E-state index in [-0.39, 0.29) is 4.90 Å². The van der Waals surface area contributed by atoms with Gasteiger partial charge in [-0.05, 0) is 12.5 Å². The van der Waals surface area contributed by atoms with E-state index in [1.165, 1.54) is 18.3 Å². The minimum atomic E-state index is -3.72. The number of rotatable bonds is 4. The second-order valence-electron chi connectivity index (χ2n) is 3.81.